The quantitative estimate of drug-likeness (QED) is 0.795. The number of ether oxygens (including phenoxy) is 1. The Morgan fingerprint density at radius 2 is 2.19 bits per heavy atom. The van der Waals surface area contributed by atoms with Gasteiger partial charge in [-0.05, 0) is 31.0 Å². The van der Waals surface area contributed by atoms with Crippen LogP contribution in [0.5, 0.6) is 0 Å². The molecule has 0 N–H and O–H groups in total. The molecule has 2 rings (SSSR count). The number of alkyl halides is 1. The van der Waals surface area contributed by atoms with Gasteiger partial charge in [0.1, 0.15) is 10.7 Å². The van der Waals surface area contributed by atoms with Gasteiger partial charge in [0.15, 0.2) is 0 Å². The summed E-state index contributed by atoms with van der Waals surface area (Å²) in [5.41, 5.74) is 0.551. The highest BCUT2D eigenvalue weighted by atomic mass is 35.5. The van der Waals surface area contributed by atoms with Crippen LogP contribution in [0.15, 0.2) is 23.1 Å². The Balaban J connectivity index is 2.40. The van der Waals surface area contributed by atoms with Crippen molar-refractivity contribution in [3.8, 4) is 0 Å². The van der Waals surface area contributed by atoms with Gasteiger partial charge in [-0.25, -0.2) is 12.8 Å². The highest BCUT2D eigenvalue weighted by Gasteiger charge is 2.36. The summed E-state index contributed by atoms with van der Waals surface area (Å²) in [6.07, 6.45) is 0.417. The van der Waals surface area contributed by atoms with E-state index >= 15 is 0 Å². The molecule has 0 bridgehead atoms. The summed E-state index contributed by atoms with van der Waals surface area (Å²) in [5.74, 6) is -0.620. The van der Waals surface area contributed by atoms with E-state index in [2.05, 4.69) is 0 Å². The summed E-state index contributed by atoms with van der Waals surface area (Å²) < 4.78 is 46.4. The van der Waals surface area contributed by atoms with Crippen molar-refractivity contribution in [3.63, 3.8) is 0 Å². The second-order valence-corrected chi connectivity index (χ2v) is 7.31. The van der Waals surface area contributed by atoms with Gasteiger partial charge in [0, 0.05) is 18.5 Å². The summed E-state index contributed by atoms with van der Waals surface area (Å²) in [6, 6.07) is 3.73. The maximum Gasteiger partial charge on any atom is 0.246 e. The lowest BCUT2D eigenvalue weighted by Gasteiger charge is -2.37. The fourth-order valence-corrected chi connectivity index (χ4v) is 4.37. The van der Waals surface area contributed by atoms with Crippen molar-refractivity contribution in [2.75, 3.05) is 13.2 Å². The number of halogens is 2. The first-order chi connectivity index (χ1) is 9.90. The Labute approximate surface area is 129 Å². The SMILES string of the molecule is CCC1COC(C)CN1S(=O)(=O)c1ccc(CCl)cc1F. The molecule has 1 heterocycles. The van der Waals surface area contributed by atoms with Crippen LogP contribution in [0.4, 0.5) is 4.39 Å². The molecule has 4 nitrogen and oxygen atoms in total. The number of morpholine rings is 1. The van der Waals surface area contributed by atoms with Crippen molar-refractivity contribution in [1.29, 1.82) is 0 Å². The third kappa shape index (κ3) is 3.39. The molecule has 1 aliphatic heterocycles. The average Bonchev–Trinajstić information content (AvgIpc) is 2.46. The molecule has 1 aliphatic rings. The van der Waals surface area contributed by atoms with Gasteiger partial charge in [-0.15, -0.1) is 11.6 Å². The van der Waals surface area contributed by atoms with Crippen molar-refractivity contribution < 1.29 is 17.5 Å². The molecule has 1 fully saturated rings. The second-order valence-electron chi connectivity index (χ2n) is 5.18. The minimum absolute atomic E-state index is 0.142. The van der Waals surface area contributed by atoms with Crippen molar-refractivity contribution in [2.45, 2.75) is 43.2 Å². The van der Waals surface area contributed by atoms with E-state index in [4.69, 9.17) is 16.3 Å². The molecule has 1 aromatic carbocycles. The first-order valence-corrected chi connectivity index (χ1v) is 8.85. The van der Waals surface area contributed by atoms with Crippen LogP contribution in [0, 0.1) is 5.82 Å². The topological polar surface area (TPSA) is 46.6 Å². The van der Waals surface area contributed by atoms with E-state index in [1.54, 1.807) is 6.92 Å². The fourth-order valence-electron chi connectivity index (χ4n) is 2.39. The lowest BCUT2D eigenvalue weighted by Crippen LogP contribution is -2.51. The molecule has 2 atom stereocenters. The molecular weight excluding hydrogens is 317 g/mol. The third-order valence-corrected chi connectivity index (χ3v) is 5.89. The molecule has 1 aromatic rings. The standard InChI is InChI=1S/C14H19ClFNO3S/c1-3-12-9-20-10(2)8-17(12)21(18,19)14-5-4-11(7-15)6-13(14)16/h4-6,10,12H,3,7-9H2,1-2H3. The van der Waals surface area contributed by atoms with Crippen LogP contribution in [-0.2, 0) is 20.6 Å². The van der Waals surface area contributed by atoms with E-state index in [1.165, 1.54) is 22.5 Å². The molecule has 0 aliphatic carbocycles. The van der Waals surface area contributed by atoms with Gasteiger partial charge in [0.05, 0.1) is 12.7 Å². The lowest BCUT2D eigenvalue weighted by atomic mass is 10.2. The predicted octanol–water partition coefficient (Wildman–Crippen LogP) is 2.75. The van der Waals surface area contributed by atoms with Crippen LogP contribution in [0.3, 0.4) is 0 Å². The summed E-state index contributed by atoms with van der Waals surface area (Å²) in [5, 5.41) is 0. The van der Waals surface area contributed by atoms with Gasteiger partial charge >= 0.3 is 0 Å². The largest absolute Gasteiger partial charge is 0.375 e. The van der Waals surface area contributed by atoms with Crippen LogP contribution in [-0.4, -0.2) is 38.0 Å². The minimum Gasteiger partial charge on any atom is -0.375 e. The van der Waals surface area contributed by atoms with Crippen LogP contribution in [0.25, 0.3) is 0 Å². The fraction of sp³-hybridized carbons (Fsp3) is 0.571. The van der Waals surface area contributed by atoms with Crippen molar-refractivity contribution >= 4 is 21.6 Å². The average molecular weight is 336 g/mol. The predicted molar refractivity (Wildman–Crippen MR) is 79.3 cm³/mol. The first-order valence-electron chi connectivity index (χ1n) is 6.88. The van der Waals surface area contributed by atoms with Crippen LogP contribution in [0.2, 0.25) is 0 Å². The third-order valence-electron chi connectivity index (χ3n) is 3.63. The molecule has 0 amide bonds. The van der Waals surface area contributed by atoms with E-state index in [0.717, 1.165) is 0 Å². The molecule has 2 unspecified atom stereocenters. The zero-order chi connectivity index (χ0) is 15.6. The second kappa shape index (κ2) is 6.60. The van der Waals surface area contributed by atoms with E-state index in [9.17, 15) is 12.8 Å². The zero-order valence-corrected chi connectivity index (χ0v) is 13.6. The Bertz CT molecular complexity index is 608. The van der Waals surface area contributed by atoms with Gasteiger partial charge in [0.25, 0.3) is 0 Å². The Morgan fingerprint density at radius 3 is 2.76 bits per heavy atom. The Kier molecular flexibility index (Phi) is 5.24. The van der Waals surface area contributed by atoms with Crippen molar-refractivity contribution in [3.05, 3.63) is 29.6 Å². The highest BCUT2D eigenvalue weighted by Crippen LogP contribution is 2.26. The lowest BCUT2D eigenvalue weighted by molar-refractivity contribution is -0.0231. The van der Waals surface area contributed by atoms with E-state index in [-0.39, 0.29) is 29.5 Å². The van der Waals surface area contributed by atoms with Crippen molar-refractivity contribution in [1.82, 2.24) is 4.31 Å². The number of rotatable bonds is 4. The molecular formula is C14H19ClFNO3S. The summed E-state index contributed by atoms with van der Waals surface area (Å²) in [4.78, 5) is -0.302. The van der Waals surface area contributed by atoms with Gasteiger partial charge < -0.3 is 4.74 Å². The number of nitrogens with zero attached hydrogens (tertiary/aromatic N) is 1. The molecule has 0 aromatic heterocycles. The van der Waals surface area contributed by atoms with Gasteiger partial charge in [-0.2, -0.15) is 4.31 Å². The molecule has 7 heteroatoms. The first kappa shape index (κ1) is 16.7. The van der Waals surface area contributed by atoms with Crippen LogP contribution in [0.1, 0.15) is 25.8 Å². The molecule has 118 valence electrons. The van der Waals surface area contributed by atoms with Gasteiger partial charge in [-0.1, -0.05) is 13.0 Å². The van der Waals surface area contributed by atoms with E-state index in [1.807, 2.05) is 6.92 Å². The van der Waals surface area contributed by atoms with E-state index < -0.39 is 15.8 Å². The van der Waals surface area contributed by atoms with Gasteiger partial charge in [0.2, 0.25) is 10.0 Å². The number of hydrogen-bond acceptors (Lipinski definition) is 3. The Hall–Kier alpha value is -0.690. The zero-order valence-electron chi connectivity index (χ0n) is 12.1. The van der Waals surface area contributed by atoms with Crippen LogP contribution < -0.4 is 0 Å². The number of benzene rings is 1. The van der Waals surface area contributed by atoms with Crippen molar-refractivity contribution in [2.24, 2.45) is 0 Å². The monoisotopic (exact) mass is 335 g/mol. The normalized spacial score (nSPS) is 24.2. The molecule has 0 saturated carbocycles. The number of hydrogen-bond donors (Lipinski definition) is 0. The maximum atomic E-state index is 14.1. The summed E-state index contributed by atoms with van der Waals surface area (Å²) in [6.45, 7) is 4.26. The molecule has 1 saturated heterocycles. The maximum absolute atomic E-state index is 14.1. The smallest absolute Gasteiger partial charge is 0.246 e. The number of sulfonamides is 1. The minimum atomic E-state index is -3.88. The summed E-state index contributed by atoms with van der Waals surface area (Å²) >= 11 is 5.64. The summed E-state index contributed by atoms with van der Waals surface area (Å²) in [7, 11) is -3.88. The molecule has 0 radical (unpaired) electrons. The molecule has 21 heavy (non-hydrogen) atoms. The molecule has 0 spiro atoms. The van der Waals surface area contributed by atoms with Crippen LogP contribution >= 0.6 is 11.6 Å². The Morgan fingerprint density at radius 1 is 1.48 bits per heavy atom. The highest BCUT2D eigenvalue weighted by molar-refractivity contribution is 7.89. The van der Waals surface area contributed by atoms with Gasteiger partial charge in [-0.3, -0.25) is 0 Å². The van der Waals surface area contributed by atoms with E-state index in [0.29, 0.717) is 18.6 Å².